The van der Waals surface area contributed by atoms with Gasteiger partial charge in [-0.3, -0.25) is 0 Å². The number of hydrogen-bond acceptors (Lipinski definition) is 3. The van der Waals surface area contributed by atoms with E-state index in [4.69, 9.17) is 0 Å². The summed E-state index contributed by atoms with van der Waals surface area (Å²) in [5.74, 6) is 0. The van der Waals surface area contributed by atoms with Gasteiger partial charge in [0.15, 0.2) is 0 Å². The van der Waals surface area contributed by atoms with Crippen LogP contribution in [0.2, 0.25) is 0 Å². The molecule has 6 heteroatoms. The van der Waals surface area contributed by atoms with Crippen LogP contribution in [0.25, 0.3) is 0 Å². The highest BCUT2D eigenvalue weighted by atomic mass is 32.2. The summed E-state index contributed by atoms with van der Waals surface area (Å²) in [7, 11) is -3.50. The highest BCUT2D eigenvalue weighted by molar-refractivity contribution is 7.87. The van der Waals surface area contributed by atoms with E-state index < -0.39 is 16.3 Å². The third-order valence-corrected chi connectivity index (χ3v) is 4.71. The van der Waals surface area contributed by atoms with E-state index in [1.54, 1.807) is 12.1 Å². The first-order chi connectivity index (χ1) is 8.63. The van der Waals surface area contributed by atoms with E-state index in [1.807, 2.05) is 18.2 Å². The zero-order valence-electron chi connectivity index (χ0n) is 10.1. The maximum atomic E-state index is 12.1. The SMILES string of the molecule is O=S(=O)(NC(CO)c1ccccc1)N1CCCC1. The summed E-state index contributed by atoms with van der Waals surface area (Å²) in [5.41, 5.74) is 0.766. The van der Waals surface area contributed by atoms with Crippen molar-refractivity contribution in [3.05, 3.63) is 35.9 Å². The van der Waals surface area contributed by atoms with E-state index in [9.17, 15) is 13.5 Å². The smallest absolute Gasteiger partial charge is 0.280 e. The second kappa shape index (κ2) is 5.79. The fourth-order valence-electron chi connectivity index (χ4n) is 2.08. The van der Waals surface area contributed by atoms with Gasteiger partial charge in [0.05, 0.1) is 12.6 Å². The summed E-state index contributed by atoms with van der Waals surface area (Å²) in [4.78, 5) is 0. The third-order valence-electron chi connectivity index (χ3n) is 3.08. The fraction of sp³-hybridized carbons (Fsp3) is 0.500. The Morgan fingerprint density at radius 1 is 1.22 bits per heavy atom. The lowest BCUT2D eigenvalue weighted by Crippen LogP contribution is -2.41. The van der Waals surface area contributed by atoms with Crippen molar-refractivity contribution in [1.29, 1.82) is 0 Å². The van der Waals surface area contributed by atoms with Crippen LogP contribution in [-0.2, 0) is 10.2 Å². The van der Waals surface area contributed by atoms with E-state index in [1.165, 1.54) is 4.31 Å². The Hall–Kier alpha value is -0.950. The summed E-state index contributed by atoms with van der Waals surface area (Å²) in [6, 6.07) is 8.51. The van der Waals surface area contributed by atoms with Crippen LogP contribution in [0.4, 0.5) is 0 Å². The van der Waals surface area contributed by atoms with Crippen molar-refractivity contribution in [2.24, 2.45) is 0 Å². The van der Waals surface area contributed by atoms with Crippen molar-refractivity contribution in [3.63, 3.8) is 0 Å². The van der Waals surface area contributed by atoms with E-state index in [0.29, 0.717) is 13.1 Å². The number of benzene rings is 1. The van der Waals surface area contributed by atoms with Gasteiger partial charge >= 0.3 is 0 Å². The number of nitrogens with one attached hydrogen (secondary N) is 1. The molecule has 1 atom stereocenters. The Kier molecular flexibility index (Phi) is 4.34. The van der Waals surface area contributed by atoms with E-state index >= 15 is 0 Å². The second-order valence-corrected chi connectivity index (χ2v) is 6.08. The molecule has 0 bridgehead atoms. The van der Waals surface area contributed by atoms with Gasteiger partial charge in [-0.25, -0.2) is 0 Å². The van der Waals surface area contributed by atoms with Crippen molar-refractivity contribution in [2.75, 3.05) is 19.7 Å². The quantitative estimate of drug-likeness (QED) is 0.825. The monoisotopic (exact) mass is 270 g/mol. The topological polar surface area (TPSA) is 69.6 Å². The molecule has 0 aromatic heterocycles. The van der Waals surface area contributed by atoms with Crippen molar-refractivity contribution in [2.45, 2.75) is 18.9 Å². The number of aliphatic hydroxyl groups excluding tert-OH is 1. The van der Waals surface area contributed by atoms with Crippen LogP contribution >= 0.6 is 0 Å². The number of aliphatic hydroxyl groups is 1. The van der Waals surface area contributed by atoms with Gasteiger partial charge in [-0.15, -0.1) is 0 Å². The minimum Gasteiger partial charge on any atom is -0.394 e. The molecule has 2 rings (SSSR count). The predicted octanol–water partition coefficient (Wildman–Crippen LogP) is 0.650. The lowest BCUT2D eigenvalue weighted by molar-refractivity contribution is 0.256. The van der Waals surface area contributed by atoms with Gasteiger partial charge in [-0.1, -0.05) is 30.3 Å². The van der Waals surface area contributed by atoms with Gasteiger partial charge in [-0.2, -0.15) is 17.4 Å². The molecule has 18 heavy (non-hydrogen) atoms. The van der Waals surface area contributed by atoms with Crippen molar-refractivity contribution in [1.82, 2.24) is 9.03 Å². The normalized spacial score (nSPS) is 18.9. The highest BCUT2D eigenvalue weighted by Crippen LogP contribution is 2.17. The highest BCUT2D eigenvalue weighted by Gasteiger charge is 2.27. The summed E-state index contributed by atoms with van der Waals surface area (Å²) in [6.07, 6.45) is 1.80. The Bertz CT molecular complexity index is 469. The van der Waals surface area contributed by atoms with Crippen molar-refractivity contribution >= 4 is 10.2 Å². The number of hydrogen-bond donors (Lipinski definition) is 2. The molecule has 0 saturated carbocycles. The first kappa shape index (κ1) is 13.5. The fourth-order valence-corrected chi connectivity index (χ4v) is 3.54. The Balaban J connectivity index is 2.11. The zero-order chi connectivity index (χ0) is 13.0. The molecule has 2 N–H and O–H groups in total. The molecule has 1 fully saturated rings. The molecule has 1 aliphatic heterocycles. The lowest BCUT2D eigenvalue weighted by atomic mass is 10.1. The van der Waals surface area contributed by atoms with E-state index in [2.05, 4.69) is 4.72 Å². The van der Waals surface area contributed by atoms with Gasteiger partial charge in [-0.05, 0) is 18.4 Å². The predicted molar refractivity (Wildman–Crippen MR) is 69.1 cm³/mol. The van der Waals surface area contributed by atoms with Crippen LogP contribution in [-0.4, -0.2) is 37.5 Å². The molecular formula is C12H18N2O3S. The van der Waals surface area contributed by atoms with Crippen LogP contribution in [0.5, 0.6) is 0 Å². The molecular weight excluding hydrogens is 252 g/mol. The Morgan fingerprint density at radius 3 is 2.39 bits per heavy atom. The summed E-state index contributed by atoms with van der Waals surface area (Å²) < 4.78 is 28.1. The molecule has 0 spiro atoms. The van der Waals surface area contributed by atoms with Crippen molar-refractivity contribution in [3.8, 4) is 0 Å². The molecule has 1 aromatic rings. The molecule has 5 nitrogen and oxygen atoms in total. The Morgan fingerprint density at radius 2 is 1.83 bits per heavy atom. The van der Waals surface area contributed by atoms with Crippen molar-refractivity contribution < 1.29 is 13.5 Å². The second-order valence-electron chi connectivity index (χ2n) is 4.37. The molecule has 1 heterocycles. The lowest BCUT2D eigenvalue weighted by Gasteiger charge is -2.21. The molecule has 100 valence electrons. The third kappa shape index (κ3) is 3.08. The van der Waals surface area contributed by atoms with Gasteiger partial charge in [0.25, 0.3) is 10.2 Å². The van der Waals surface area contributed by atoms with Crippen LogP contribution in [0.15, 0.2) is 30.3 Å². The maximum Gasteiger partial charge on any atom is 0.280 e. The standard InChI is InChI=1S/C12H18N2O3S/c15-10-12(11-6-2-1-3-7-11)13-18(16,17)14-8-4-5-9-14/h1-3,6-7,12-13,15H,4-5,8-10H2. The molecule has 1 unspecified atom stereocenters. The summed E-state index contributed by atoms with van der Waals surface area (Å²) >= 11 is 0. The molecule has 0 aliphatic carbocycles. The van der Waals surface area contributed by atoms with Crippen LogP contribution < -0.4 is 4.72 Å². The molecule has 0 radical (unpaired) electrons. The average molecular weight is 270 g/mol. The maximum absolute atomic E-state index is 12.1. The van der Waals surface area contributed by atoms with Gasteiger partial charge in [0, 0.05) is 13.1 Å². The molecule has 0 amide bonds. The van der Waals surface area contributed by atoms with Gasteiger partial charge in [0.2, 0.25) is 0 Å². The minimum atomic E-state index is -3.50. The molecule has 1 aliphatic rings. The zero-order valence-corrected chi connectivity index (χ0v) is 10.9. The largest absolute Gasteiger partial charge is 0.394 e. The van der Waals surface area contributed by atoms with Crippen LogP contribution in [0.1, 0.15) is 24.4 Å². The van der Waals surface area contributed by atoms with Crippen LogP contribution in [0.3, 0.4) is 0 Å². The summed E-state index contributed by atoms with van der Waals surface area (Å²) in [5, 5.41) is 9.34. The Labute approximate surface area is 108 Å². The van der Waals surface area contributed by atoms with Crippen LogP contribution in [0, 0.1) is 0 Å². The molecule has 1 aromatic carbocycles. The number of nitrogens with zero attached hydrogens (tertiary/aromatic N) is 1. The minimum absolute atomic E-state index is 0.253. The number of rotatable bonds is 5. The average Bonchev–Trinajstić information content (AvgIpc) is 2.92. The first-order valence-corrected chi connectivity index (χ1v) is 7.51. The summed E-state index contributed by atoms with van der Waals surface area (Å²) in [6.45, 7) is 0.863. The van der Waals surface area contributed by atoms with E-state index in [-0.39, 0.29) is 6.61 Å². The van der Waals surface area contributed by atoms with Gasteiger partial charge < -0.3 is 5.11 Å². The van der Waals surface area contributed by atoms with Gasteiger partial charge in [0.1, 0.15) is 0 Å². The van der Waals surface area contributed by atoms with E-state index in [0.717, 1.165) is 18.4 Å². The molecule has 1 saturated heterocycles. The first-order valence-electron chi connectivity index (χ1n) is 6.06.